The smallest absolute Gasteiger partial charge is 0.197 e. The number of benzene rings is 2. The van der Waals surface area contributed by atoms with Crippen molar-refractivity contribution >= 4 is 0 Å². The third-order valence-electron chi connectivity index (χ3n) is 3.41. The number of rotatable bonds is 2. The highest BCUT2D eigenvalue weighted by atomic mass is 19.1. The summed E-state index contributed by atoms with van der Waals surface area (Å²) < 4.78 is 28.6. The third kappa shape index (κ3) is 2.68. The Hall–Kier alpha value is -2.75. The van der Waals surface area contributed by atoms with Gasteiger partial charge >= 0.3 is 0 Å². The van der Waals surface area contributed by atoms with Gasteiger partial charge in [-0.15, -0.1) is 0 Å². The SMILES string of the molecule is Cn1cc(-c2ccccc2)c(=O)c(-c2cc(F)cc(F)c2)c1. The second kappa shape index (κ2) is 5.56. The van der Waals surface area contributed by atoms with E-state index in [1.807, 2.05) is 30.3 Å². The molecule has 0 bridgehead atoms. The Morgan fingerprint density at radius 1 is 0.818 bits per heavy atom. The van der Waals surface area contributed by atoms with E-state index in [0.29, 0.717) is 5.56 Å². The van der Waals surface area contributed by atoms with Gasteiger partial charge in [-0.05, 0) is 23.3 Å². The molecule has 110 valence electrons. The van der Waals surface area contributed by atoms with E-state index >= 15 is 0 Å². The molecule has 0 aliphatic carbocycles. The number of hydrogen-bond donors (Lipinski definition) is 0. The summed E-state index contributed by atoms with van der Waals surface area (Å²) in [6.45, 7) is 0. The van der Waals surface area contributed by atoms with Crippen LogP contribution >= 0.6 is 0 Å². The molecule has 1 aromatic heterocycles. The molecule has 0 saturated heterocycles. The van der Waals surface area contributed by atoms with Gasteiger partial charge < -0.3 is 4.57 Å². The van der Waals surface area contributed by atoms with Crippen molar-refractivity contribution in [2.24, 2.45) is 7.05 Å². The molecule has 4 heteroatoms. The van der Waals surface area contributed by atoms with Crippen LogP contribution in [0.3, 0.4) is 0 Å². The van der Waals surface area contributed by atoms with Crippen LogP contribution in [0.4, 0.5) is 8.78 Å². The number of aryl methyl sites for hydroxylation is 1. The Kier molecular flexibility index (Phi) is 3.59. The van der Waals surface area contributed by atoms with Gasteiger partial charge in [0.15, 0.2) is 5.43 Å². The molecule has 0 amide bonds. The van der Waals surface area contributed by atoms with E-state index in [2.05, 4.69) is 0 Å². The summed E-state index contributed by atoms with van der Waals surface area (Å²) in [5.74, 6) is -1.41. The highest BCUT2D eigenvalue weighted by Gasteiger charge is 2.12. The number of aromatic nitrogens is 1. The molecule has 3 aromatic rings. The van der Waals surface area contributed by atoms with Gasteiger partial charge in [0.25, 0.3) is 0 Å². The fourth-order valence-corrected chi connectivity index (χ4v) is 2.45. The Labute approximate surface area is 126 Å². The molecular weight excluding hydrogens is 284 g/mol. The first-order valence-electron chi connectivity index (χ1n) is 6.77. The van der Waals surface area contributed by atoms with Crippen molar-refractivity contribution < 1.29 is 8.78 Å². The second-order valence-electron chi connectivity index (χ2n) is 5.10. The number of hydrogen-bond acceptors (Lipinski definition) is 1. The minimum Gasteiger partial charge on any atom is -0.356 e. The van der Waals surface area contributed by atoms with Gasteiger partial charge in [0.2, 0.25) is 0 Å². The van der Waals surface area contributed by atoms with Gasteiger partial charge in [0.05, 0.1) is 0 Å². The second-order valence-corrected chi connectivity index (χ2v) is 5.10. The number of nitrogens with zero attached hydrogens (tertiary/aromatic N) is 1. The lowest BCUT2D eigenvalue weighted by molar-refractivity contribution is 0.584. The van der Waals surface area contributed by atoms with Crippen LogP contribution in [0, 0.1) is 11.6 Å². The Morgan fingerprint density at radius 2 is 1.36 bits per heavy atom. The minimum absolute atomic E-state index is 0.232. The summed E-state index contributed by atoms with van der Waals surface area (Å²) in [5.41, 5.74) is 1.50. The van der Waals surface area contributed by atoms with E-state index in [9.17, 15) is 13.6 Å². The molecular formula is C18H13F2NO. The molecule has 0 spiro atoms. The molecule has 0 aliphatic heterocycles. The zero-order chi connectivity index (χ0) is 15.7. The van der Waals surface area contributed by atoms with Gasteiger partial charge in [0.1, 0.15) is 11.6 Å². The first-order valence-corrected chi connectivity index (χ1v) is 6.77. The summed E-state index contributed by atoms with van der Waals surface area (Å²) in [7, 11) is 1.77. The Morgan fingerprint density at radius 3 is 1.95 bits per heavy atom. The molecule has 0 atom stereocenters. The van der Waals surface area contributed by atoms with Crippen LogP contribution < -0.4 is 5.43 Å². The summed E-state index contributed by atoms with van der Waals surface area (Å²) in [5, 5.41) is 0. The van der Waals surface area contributed by atoms with E-state index in [4.69, 9.17) is 0 Å². The standard InChI is InChI=1S/C18H13F2NO/c1-21-10-16(12-5-3-2-4-6-12)18(22)17(11-21)13-7-14(19)9-15(20)8-13/h2-11H,1H3. The van der Waals surface area contributed by atoms with Crippen LogP contribution in [0.15, 0.2) is 65.7 Å². The lowest BCUT2D eigenvalue weighted by atomic mass is 10.0. The van der Waals surface area contributed by atoms with Crippen molar-refractivity contribution in [3.05, 3.63) is 82.8 Å². The maximum absolute atomic E-state index is 13.4. The molecule has 3 rings (SSSR count). The van der Waals surface area contributed by atoms with Gasteiger partial charge in [-0.2, -0.15) is 0 Å². The van der Waals surface area contributed by atoms with Crippen LogP contribution in [-0.2, 0) is 7.05 Å². The zero-order valence-corrected chi connectivity index (χ0v) is 11.9. The maximum Gasteiger partial charge on any atom is 0.197 e. The van der Waals surface area contributed by atoms with E-state index in [-0.39, 0.29) is 16.6 Å². The van der Waals surface area contributed by atoms with Gasteiger partial charge in [-0.1, -0.05) is 30.3 Å². The average molecular weight is 297 g/mol. The maximum atomic E-state index is 13.4. The summed E-state index contributed by atoms with van der Waals surface area (Å²) in [6, 6.07) is 12.3. The summed E-state index contributed by atoms with van der Waals surface area (Å²) in [4.78, 5) is 12.7. The van der Waals surface area contributed by atoms with Crippen molar-refractivity contribution in [1.82, 2.24) is 4.57 Å². The van der Waals surface area contributed by atoms with Crippen LogP contribution in [-0.4, -0.2) is 4.57 Å². The molecule has 0 saturated carbocycles. The fourth-order valence-electron chi connectivity index (χ4n) is 2.45. The molecule has 1 heterocycles. The molecule has 22 heavy (non-hydrogen) atoms. The van der Waals surface area contributed by atoms with Crippen molar-refractivity contribution in [3.8, 4) is 22.3 Å². The van der Waals surface area contributed by atoms with Crippen molar-refractivity contribution in [2.75, 3.05) is 0 Å². The van der Waals surface area contributed by atoms with Crippen molar-refractivity contribution in [2.45, 2.75) is 0 Å². The molecule has 0 radical (unpaired) electrons. The minimum atomic E-state index is -0.706. The normalized spacial score (nSPS) is 10.7. The van der Waals surface area contributed by atoms with Crippen LogP contribution in [0.5, 0.6) is 0 Å². The molecule has 0 unspecified atom stereocenters. The fraction of sp³-hybridized carbons (Fsp3) is 0.0556. The zero-order valence-electron chi connectivity index (χ0n) is 11.9. The monoisotopic (exact) mass is 297 g/mol. The van der Waals surface area contributed by atoms with Gasteiger partial charge in [-0.25, -0.2) is 8.78 Å². The van der Waals surface area contributed by atoms with E-state index < -0.39 is 11.6 Å². The molecule has 0 fully saturated rings. The quantitative estimate of drug-likeness (QED) is 0.701. The van der Waals surface area contributed by atoms with E-state index in [1.165, 1.54) is 0 Å². The Balaban J connectivity index is 2.26. The molecule has 0 N–H and O–H groups in total. The van der Waals surface area contributed by atoms with Crippen LogP contribution in [0.25, 0.3) is 22.3 Å². The van der Waals surface area contributed by atoms with Gasteiger partial charge in [0, 0.05) is 36.6 Å². The van der Waals surface area contributed by atoms with Gasteiger partial charge in [-0.3, -0.25) is 4.79 Å². The summed E-state index contributed by atoms with van der Waals surface area (Å²) in [6.07, 6.45) is 3.28. The highest BCUT2D eigenvalue weighted by molar-refractivity contribution is 5.71. The highest BCUT2D eigenvalue weighted by Crippen LogP contribution is 2.22. The van der Waals surface area contributed by atoms with Crippen LogP contribution in [0.1, 0.15) is 0 Å². The van der Waals surface area contributed by atoms with E-state index in [0.717, 1.165) is 23.8 Å². The number of pyridine rings is 1. The Bertz CT molecular complexity index is 865. The predicted octanol–water partition coefficient (Wildman–Crippen LogP) is 4.00. The van der Waals surface area contributed by atoms with Crippen molar-refractivity contribution in [1.29, 1.82) is 0 Å². The molecule has 0 aliphatic rings. The first kappa shape index (κ1) is 14.2. The van der Waals surface area contributed by atoms with Crippen molar-refractivity contribution in [3.63, 3.8) is 0 Å². The van der Waals surface area contributed by atoms with Crippen LogP contribution in [0.2, 0.25) is 0 Å². The lowest BCUT2D eigenvalue weighted by Crippen LogP contribution is -2.11. The predicted molar refractivity (Wildman–Crippen MR) is 82.5 cm³/mol. The largest absolute Gasteiger partial charge is 0.356 e. The van der Waals surface area contributed by atoms with E-state index in [1.54, 1.807) is 24.0 Å². The first-order chi connectivity index (χ1) is 10.5. The number of halogens is 2. The third-order valence-corrected chi connectivity index (χ3v) is 3.41. The topological polar surface area (TPSA) is 22.0 Å². The molecule has 2 nitrogen and oxygen atoms in total. The summed E-state index contributed by atoms with van der Waals surface area (Å²) >= 11 is 0. The average Bonchev–Trinajstić information content (AvgIpc) is 2.49. The lowest BCUT2D eigenvalue weighted by Gasteiger charge is -2.09. The molecule has 2 aromatic carbocycles.